The standard InChI is InChI=1S/C14H18FNO2/c15-13-5-1-3-11(7-13)8-14(18)16-6-2-4-12(9-16)10-17/h1,3,5,7,12,17H,2,4,6,8-10H2. The second-order valence-electron chi connectivity index (χ2n) is 4.84. The Bertz CT molecular complexity index is 422. The van der Waals surface area contributed by atoms with Gasteiger partial charge in [0.05, 0.1) is 6.42 Å². The number of aliphatic hydroxyl groups excluding tert-OH is 1. The summed E-state index contributed by atoms with van der Waals surface area (Å²) in [6, 6.07) is 6.14. The van der Waals surface area contributed by atoms with Gasteiger partial charge in [-0.15, -0.1) is 0 Å². The topological polar surface area (TPSA) is 40.5 Å². The number of hydrogen-bond acceptors (Lipinski definition) is 2. The second-order valence-corrected chi connectivity index (χ2v) is 4.84. The smallest absolute Gasteiger partial charge is 0.227 e. The first-order valence-electron chi connectivity index (χ1n) is 6.32. The molecule has 1 heterocycles. The first-order valence-corrected chi connectivity index (χ1v) is 6.32. The van der Waals surface area contributed by atoms with E-state index in [9.17, 15) is 9.18 Å². The molecule has 1 aliphatic heterocycles. The molecular formula is C14H18FNO2. The van der Waals surface area contributed by atoms with Crippen LogP contribution in [0.5, 0.6) is 0 Å². The second kappa shape index (κ2) is 5.96. The van der Waals surface area contributed by atoms with Crippen LogP contribution in [0.4, 0.5) is 4.39 Å². The number of likely N-dealkylation sites (tertiary alicyclic amines) is 1. The van der Waals surface area contributed by atoms with Crippen LogP contribution in [0.3, 0.4) is 0 Å². The molecule has 1 amide bonds. The zero-order valence-electron chi connectivity index (χ0n) is 10.3. The van der Waals surface area contributed by atoms with E-state index in [1.165, 1.54) is 12.1 Å². The molecule has 3 nitrogen and oxygen atoms in total. The zero-order valence-corrected chi connectivity index (χ0v) is 10.3. The largest absolute Gasteiger partial charge is 0.396 e. The van der Waals surface area contributed by atoms with E-state index in [0.717, 1.165) is 19.4 Å². The highest BCUT2D eigenvalue weighted by atomic mass is 19.1. The Balaban J connectivity index is 1.95. The summed E-state index contributed by atoms with van der Waals surface area (Å²) in [6.45, 7) is 1.49. The van der Waals surface area contributed by atoms with Gasteiger partial charge in [0, 0.05) is 19.7 Å². The van der Waals surface area contributed by atoms with Gasteiger partial charge in [0.15, 0.2) is 0 Å². The van der Waals surface area contributed by atoms with Crippen molar-refractivity contribution < 1.29 is 14.3 Å². The molecule has 0 bridgehead atoms. The Hall–Kier alpha value is -1.42. The molecule has 1 aromatic rings. The van der Waals surface area contributed by atoms with Gasteiger partial charge in [0.2, 0.25) is 5.91 Å². The summed E-state index contributed by atoms with van der Waals surface area (Å²) < 4.78 is 13.0. The Morgan fingerprint density at radius 1 is 1.50 bits per heavy atom. The summed E-state index contributed by atoms with van der Waals surface area (Å²) in [6.07, 6.45) is 2.14. The number of carbonyl (C=O) groups is 1. The minimum atomic E-state index is -0.313. The fraction of sp³-hybridized carbons (Fsp3) is 0.500. The first kappa shape index (κ1) is 13.0. The lowest BCUT2D eigenvalue weighted by atomic mass is 9.98. The number of hydrogen-bond donors (Lipinski definition) is 1. The maximum atomic E-state index is 13.0. The van der Waals surface area contributed by atoms with Crippen LogP contribution < -0.4 is 0 Å². The molecule has 98 valence electrons. The van der Waals surface area contributed by atoms with E-state index in [1.54, 1.807) is 17.0 Å². The summed E-state index contributed by atoms with van der Waals surface area (Å²) >= 11 is 0. The highest BCUT2D eigenvalue weighted by Gasteiger charge is 2.22. The number of rotatable bonds is 3. The van der Waals surface area contributed by atoms with Crippen LogP contribution in [0, 0.1) is 11.7 Å². The van der Waals surface area contributed by atoms with Gasteiger partial charge in [0.25, 0.3) is 0 Å². The molecule has 18 heavy (non-hydrogen) atoms. The highest BCUT2D eigenvalue weighted by Crippen LogP contribution is 2.17. The number of piperidine rings is 1. The number of halogens is 1. The van der Waals surface area contributed by atoms with Crippen LogP contribution in [0.25, 0.3) is 0 Å². The quantitative estimate of drug-likeness (QED) is 0.886. The first-order chi connectivity index (χ1) is 8.69. The summed E-state index contributed by atoms with van der Waals surface area (Å²) in [5.41, 5.74) is 0.700. The molecular weight excluding hydrogens is 233 g/mol. The molecule has 2 rings (SSSR count). The van der Waals surface area contributed by atoms with Gasteiger partial charge in [-0.05, 0) is 36.5 Å². The van der Waals surface area contributed by atoms with Crippen molar-refractivity contribution in [1.29, 1.82) is 0 Å². The third-order valence-electron chi connectivity index (χ3n) is 3.37. The predicted molar refractivity (Wildman–Crippen MR) is 66.5 cm³/mol. The third kappa shape index (κ3) is 3.29. The lowest BCUT2D eigenvalue weighted by Gasteiger charge is -2.32. The lowest BCUT2D eigenvalue weighted by Crippen LogP contribution is -2.41. The molecule has 0 radical (unpaired) electrons. The summed E-state index contributed by atoms with van der Waals surface area (Å²) in [7, 11) is 0. The molecule has 4 heteroatoms. The maximum absolute atomic E-state index is 13.0. The van der Waals surface area contributed by atoms with Crippen molar-refractivity contribution in [3.05, 3.63) is 35.6 Å². The van der Waals surface area contributed by atoms with E-state index in [2.05, 4.69) is 0 Å². The Morgan fingerprint density at radius 3 is 3.06 bits per heavy atom. The monoisotopic (exact) mass is 251 g/mol. The molecule has 1 unspecified atom stereocenters. The Morgan fingerprint density at radius 2 is 2.33 bits per heavy atom. The average molecular weight is 251 g/mol. The molecule has 0 spiro atoms. The van der Waals surface area contributed by atoms with E-state index < -0.39 is 0 Å². The molecule has 1 N–H and O–H groups in total. The number of aliphatic hydroxyl groups is 1. The zero-order chi connectivity index (χ0) is 13.0. The predicted octanol–water partition coefficient (Wildman–Crippen LogP) is 1.60. The normalized spacial score (nSPS) is 19.9. The van der Waals surface area contributed by atoms with Crippen LogP contribution in [-0.2, 0) is 11.2 Å². The van der Waals surface area contributed by atoms with E-state index in [-0.39, 0.29) is 30.7 Å². The van der Waals surface area contributed by atoms with Gasteiger partial charge in [-0.1, -0.05) is 12.1 Å². The molecule has 0 aromatic heterocycles. The number of carbonyl (C=O) groups excluding carboxylic acids is 1. The Kier molecular flexibility index (Phi) is 4.31. The van der Waals surface area contributed by atoms with Crippen molar-refractivity contribution in [2.24, 2.45) is 5.92 Å². The van der Waals surface area contributed by atoms with Gasteiger partial charge in [0.1, 0.15) is 5.82 Å². The van der Waals surface area contributed by atoms with Gasteiger partial charge in [-0.2, -0.15) is 0 Å². The summed E-state index contributed by atoms with van der Waals surface area (Å²) in [5, 5.41) is 9.13. The van der Waals surface area contributed by atoms with E-state index in [4.69, 9.17) is 5.11 Å². The van der Waals surface area contributed by atoms with Crippen LogP contribution in [0.2, 0.25) is 0 Å². The van der Waals surface area contributed by atoms with Crippen LogP contribution in [-0.4, -0.2) is 35.6 Å². The Labute approximate surface area is 106 Å². The molecule has 1 fully saturated rings. The SMILES string of the molecule is O=C(Cc1cccc(F)c1)N1CCCC(CO)C1. The summed E-state index contributed by atoms with van der Waals surface area (Å²) in [4.78, 5) is 13.8. The number of benzene rings is 1. The maximum Gasteiger partial charge on any atom is 0.227 e. The molecule has 1 aliphatic rings. The van der Waals surface area contributed by atoms with Crippen molar-refractivity contribution in [3.63, 3.8) is 0 Å². The molecule has 0 aliphatic carbocycles. The van der Waals surface area contributed by atoms with Crippen molar-refractivity contribution >= 4 is 5.91 Å². The molecule has 1 atom stereocenters. The van der Waals surface area contributed by atoms with Crippen molar-refractivity contribution in [2.75, 3.05) is 19.7 Å². The van der Waals surface area contributed by atoms with E-state index >= 15 is 0 Å². The van der Waals surface area contributed by atoms with Crippen LogP contribution in [0.1, 0.15) is 18.4 Å². The van der Waals surface area contributed by atoms with Crippen molar-refractivity contribution in [2.45, 2.75) is 19.3 Å². The summed E-state index contributed by atoms with van der Waals surface area (Å²) in [5.74, 6) is -0.110. The van der Waals surface area contributed by atoms with Crippen LogP contribution >= 0.6 is 0 Å². The number of amides is 1. The molecule has 0 saturated carbocycles. The highest BCUT2D eigenvalue weighted by molar-refractivity contribution is 5.78. The third-order valence-corrected chi connectivity index (χ3v) is 3.37. The minimum absolute atomic E-state index is 0.0127. The average Bonchev–Trinajstić information content (AvgIpc) is 2.39. The van der Waals surface area contributed by atoms with Crippen molar-refractivity contribution in [3.8, 4) is 0 Å². The van der Waals surface area contributed by atoms with Gasteiger partial charge >= 0.3 is 0 Å². The number of nitrogens with zero attached hydrogens (tertiary/aromatic N) is 1. The minimum Gasteiger partial charge on any atom is -0.396 e. The van der Waals surface area contributed by atoms with Gasteiger partial charge in [-0.3, -0.25) is 4.79 Å². The molecule has 1 aromatic carbocycles. The lowest BCUT2D eigenvalue weighted by molar-refractivity contribution is -0.132. The van der Waals surface area contributed by atoms with E-state index in [1.807, 2.05) is 0 Å². The molecule has 1 saturated heterocycles. The fourth-order valence-electron chi connectivity index (χ4n) is 2.37. The van der Waals surface area contributed by atoms with Gasteiger partial charge in [-0.25, -0.2) is 4.39 Å². The fourth-order valence-corrected chi connectivity index (χ4v) is 2.37. The van der Waals surface area contributed by atoms with Crippen LogP contribution in [0.15, 0.2) is 24.3 Å². The van der Waals surface area contributed by atoms with Crippen molar-refractivity contribution in [1.82, 2.24) is 4.90 Å². The van der Waals surface area contributed by atoms with E-state index in [0.29, 0.717) is 12.1 Å². The van der Waals surface area contributed by atoms with Gasteiger partial charge < -0.3 is 10.0 Å².